The Morgan fingerprint density at radius 1 is 1.67 bits per heavy atom. The van der Waals surface area contributed by atoms with Crippen LogP contribution in [-0.4, -0.2) is 43.1 Å². The largest absolute Gasteiger partial charge is 0.374 e. The Balaban J connectivity index is 2.09. The van der Waals surface area contributed by atoms with Gasteiger partial charge in [0.1, 0.15) is 6.61 Å². The molecule has 0 saturated carbocycles. The number of hydrogen-bond donors (Lipinski definition) is 1. The number of amidine groups is 1. The van der Waals surface area contributed by atoms with Gasteiger partial charge in [-0.05, 0) is 13.3 Å². The van der Waals surface area contributed by atoms with Gasteiger partial charge in [-0.15, -0.1) is 0 Å². The van der Waals surface area contributed by atoms with Crippen molar-refractivity contribution < 1.29 is 13.5 Å². The summed E-state index contributed by atoms with van der Waals surface area (Å²) >= 11 is 1.67. The number of ether oxygens (including phenoxy) is 1. The molecule has 1 fully saturated rings. The molecule has 3 nitrogen and oxygen atoms in total. The summed E-state index contributed by atoms with van der Waals surface area (Å²) in [6.45, 7) is 2.30. The average Bonchev–Trinajstić information content (AvgIpc) is 2.17. The lowest BCUT2D eigenvalue weighted by molar-refractivity contribution is 0.0207. The molecule has 0 aromatic rings. The standard InChI is InChI=1S/C9H16F2N2OS/c1-7-2-5-15-9(13-7)12-3-4-14-6-8(10)11/h7-8H,2-6H2,1H3,(H,12,13). The fourth-order valence-corrected chi connectivity index (χ4v) is 2.26. The third kappa shape index (κ3) is 5.94. The summed E-state index contributed by atoms with van der Waals surface area (Å²) in [7, 11) is 0. The molecule has 15 heavy (non-hydrogen) atoms. The molecule has 1 unspecified atom stereocenters. The van der Waals surface area contributed by atoms with E-state index in [0.717, 1.165) is 17.3 Å². The van der Waals surface area contributed by atoms with Gasteiger partial charge in [0.05, 0.1) is 13.2 Å². The Bertz CT molecular complexity index is 214. The molecule has 1 N–H and O–H groups in total. The highest BCUT2D eigenvalue weighted by molar-refractivity contribution is 8.13. The van der Waals surface area contributed by atoms with Crippen LogP contribution < -0.4 is 5.32 Å². The van der Waals surface area contributed by atoms with E-state index in [1.807, 2.05) is 0 Å². The van der Waals surface area contributed by atoms with E-state index in [1.54, 1.807) is 11.8 Å². The summed E-state index contributed by atoms with van der Waals surface area (Å²) < 4.78 is 28.1. The molecular formula is C9H16F2N2OS. The number of nitrogens with one attached hydrogen (secondary N) is 1. The molecule has 0 aromatic carbocycles. The Hall–Kier alpha value is -0.360. The maximum atomic E-state index is 11.7. The van der Waals surface area contributed by atoms with Crippen LogP contribution >= 0.6 is 11.8 Å². The lowest BCUT2D eigenvalue weighted by Gasteiger charge is -2.21. The first-order valence-corrected chi connectivity index (χ1v) is 5.96. The lowest BCUT2D eigenvalue weighted by atomic mass is 10.3. The maximum absolute atomic E-state index is 11.7. The van der Waals surface area contributed by atoms with Gasteiger partial charge in [0.2, 0.25) is 0 Å². The zero-order valence-electron chi connectivity index (χ0n) is 8.71. The Morgan fingerprint density at radius 3 is 3.13 bits per heavy atom. The van der Waals surface area contributed by atoms with Crippen LogP contribution in [0.3, 0.4) is 0 Å². The molecule has 88 valence electrons. The normalized spacial score (nSPS) is 24.5. The van der Waals surface area contributed by atoms with Crippen molar-refractivity contribution in [2.24, 2.45) is 4.99 Å². The van der Waals surface area contributed by atoms with Crippen molar-refractivity contribution in [2.45, 2.75) is 25.8 Å². The molecular weight excluding hydrogens is 222 g/mol. The smallest absolute Gasteiger partial charge is 0.261 e. The minimum Gasteiger partial charge on any atom is -0.374 e. The van der Waals surface area contributed by atoms with Crippen LogP contribution in [-0.2, 0) is 4.74 Å². The molecule has 0 aromatic heterocycles. The number of rotatable bonds is 5. The van der Waals surface area contributed by atoms with Crippen LogP contribution in [0.15, 0.2) is 4.99 Å². The van der Waals surface area contributed by atoms with E-state index in [0.29, 0.717) is 12.6 Å². The maximum Gasteiger partial charge on any atom is 0.261 e. The first-order valence-electron chi connectivity index (χ1n) is 4.98. The third-order valence-corrected chi connectivity index (χ3v) is 2.85. The summed E-state index contributed by atoms with van der Waals surface area (Å²) in [6.07, 6.45) is -1.26. The molecule has 0 radical (unpaired) electrons. The van der Waals surface area contributed by atoms with Crippen molar-refractivity contribution in [3.63, 3.8) is 0 Å². The Kier molecular flexibility index (Phi) is 5.93. The summed E-state index contributed by atoms with van der Waals surface area (Å²) in [4.78, 5) is 4.23. The van der Waals surface area contributed by atoms with Gasteiger partial charge in [0.25, 0.3) is 6.43 Å². The monoisotopic (exact) mass is 238 g/mol. The van der Waals surface area contributed by atoms with Crippen LogP contribution in [0.4, 0.5) is 8.78 Å². The number of halogens is 2. The van der Waals surface area contributed by atoms with E-state index >= 15 is 0 Å². The first kappa shape index (κ1) is 12.7. The van der Waals surface area contributed by atoms with Gasteiger partial charge in [0, 0.05) is 11.8 Å². The average molecular weight is 238 g/mol. The molecule has 1 aliphatic heterocycles. The SMILES string of the molecule is CC1CCSC(=NCCOCC(F)F)N1. The van der Waals surface area contributed by atoms with Gasteiger partial charge in [-0.1, -0.05) is 11.8 Å². The van der Waals surface area contributed by atoms with Gasteiger partial charge in [-0.25, -0.2) is 8.78 Å². The second-order valence-electron chi connectivity index (χ2n) is 3.34. The van der Waals surface area contributed by atoms with Gasteiger partial charge in [-0.2, -0.15) is 0 Å². The zero-order chi connectivity index (χ0) is 11.1. The number of nitrogens with zero attached hydrogens (tertiary/aromatic N) is 1. The van der Waals surface area contributed by atoms with Gasteiger partial charge >= 0.3 is 0 Å². The quantitative estimate of drug-likeness (QED) is 0.741. The topological polar surface area (TPSA) is 33.6 Å². The van der Waals surface area contributed by atoms with Crippen molar-refractivity contribution >= 4 is 16.9 Å². The Labute approximate surface area is 92.7 Å². The van der Waals surface area contributed by atoms with E-state index < -0.39 is 13.0 Å². The molecule has 0 amide bonds. The Morgan fingerprint density at radius 2 is 2.47 bits per heavy atom. The predicted octanol–water partition coefficient (Wildman–Crippen LogP) is 1.74. The fourth-order valence-electron chi connectivity index (χ4n) is 1.13. The van der Waals surface area contributed by atoms with E-state index in [2.05, 4.69) is 17.2 Å². The number of alkyl halides is 2. The van der Waals surface area contributed by atoms with E-state index in [4.69, 9.17) is 4.74 Å². The van der Waals surface area contributed by atoms with Crippen molar-refractivity contribution in [1.29, 1.82) is 0 Å². The van der Waals surface area contributed by atoms with Crippen molar-refractivity contribution in [2.75, 3.05) is 25.5 Å². The van der Waals surface area contributed by atoms with Crippen LogP contribution in [0.25, 0.3) is 0 Å². The number of hydrogen-bond acceptors (Lipinski definition) is 3. The van der Waals surface area contributed by atoms with Crippen LogP contribution in [0, 0.1) is 0 Å². The van der Waals surface area contributed by atoms with E-state index in [9.17, 15) is 8.78 Å². The molecule has 0 aliphatic carbocycles. The van der Waals surface area contributed by atoms with E-state index in [1.165, 1.54) is 0 Å². The zero-order valence-corrected chi connectivity index (χ0v) is 9.53. The second kappa shape index (κ2) is 7.00. The van der Waals surface area contributed by atoms with Gasteiger partial charge < -0.3 is 10.1 Å². The van der Waals surface area contributed by atoms with Crippen LogP contribution in [0.1, 0.15) is 13.3 Å². The summed E-state index contributed by atoms with van der Waals surface area (Å²) in [5, 5.41) is 4.12. The third-order valence-electron chi connectivity index (χ3n) is 1.89. The minimum absolute atomic E-state index is 0.254. The highest BCUT2D eigenvalue weighted by atomic mass is 32.2. The van der Waals surface area contributed by atoms with Crippen molar-refractivity contribution in [3.05, 3.63) is 0 Å². The van der Waals surface area contributed by atoms with Crippen molar-refractivity contribution in [1.82, 2.24) is 5.32 Å². The molecule has 0 bridgehead atoms. The molecule has 0 spiro atoms. The van der Waals surface area contributed by atoms with Crippen LogP contribution in [0.2, 0.25) is 0 Å². The molecule has 1 rings (SSSR count). The number of thioether (sulfide) groups is 1. The minimum atomic E-state index is -2.39. The van der Waals surface area contributed by atoms with E-state index in [-0.39, 0.29) is 6.61 Å². The fraction of sp³-hybridized carbons (Fsp3) is 0.889. The molecule has 6 heteroatoms. The molecule has 1 atom stereocenters. The summed E-state index contributed by atoms with van der Waals surface area (Å²) in [6, 6.07) is 0.451. The highest BCUT2D eigenvalue weighted by Gasteiger charge is 2.12. The van der Waals surface area contributed by atoms with Gasteiger partial charge in [-0.3, -0.25) is 4.99 Å². The second-order valence-corrected chi connectivity index (χ2v) is 4.42. The summed E-state index contributed by atoms with van der Waals surface area (Å²) in [5.74, 6) is 1.06. The van der Waals surface area contributed by atoms with Crippen molar-refractivity contribution in [3.8, 4) is 0 Å². The molecule has 1 saturated heterocycles. The van der Waals surface area contributed by atoms with Gasteiger partial charge in [0.15, 0.2) is 5.17 Å². The predicted molar refractivity (Wildman–Crippen MR) is 58.8 cm³/mol. The summed E-state index contributed by atoms with van der Waals surface area (Å²) in [5.41, 5.74) is 0. The lowest BCUT2D eigenvalue weighted by Crippen LogP contribution is -2.35. The first-order chi connectivity index (χ1) is 7.18. The highest BCUT2D eigenvalue weighted by Crippen LogP contribution is 2.13. The molecule has 1 heterocycles. The number of aliphatic imine (C=N–C) groups is 1. The molecule has 1 aliphatic rings. The van der Waals surface area contributed by atoms with Crippen LogP contribution in [0.5, 0.6) is 0 Å².